The minimum absolute atomic E-state index is 0.108. The van der Waals surface area contributed by atoms with Gasteiger partial charge in [-0.1, -0.05) is 15.9 Å². The lowest BCUT2D eigenvalue weighted by molar-refractivity contribution is -0.607. The Hall–Kier alpha value is -2.41. The van der Waals surface area contributed by atoms with Crippen molar-refractivity contribution in [1.29, 1.82) is 0 Å². The Bertz CT molecular complexity index is 644. The Labute approximate surface area is 123 Å². The summed E-state index contributed by atoms with van der Waals surface area (Å²) in [5.74, 6) is -1.16. The molecule has 0 aliphatic rings. The molecule has 1 heterocycles. The molecule has 7 heteroatoms. The fraction of sp³-hybridized carbons (Fsp3) is 0. The van der Waals surface area contributed by atoms with E-state index in [1.165, 1.54) is 18.3 Å². The molecule has 6 nitrogen and oxygen atoms in total. The van der Waals surface area contributed by atoms with E-state index in [0.29, 0.717) is 10.3 Å². The first-order valence-electron chi connectivity index (χ1n) is 5.62. The van der Waals surface area contributed by atoms with Crippen molar-refractivity contribution in [3.63, 3.8) is 0 Å². The second-order valence-corrected chi connectivity index (χ2v) is 4.74. The van der Waals surface area contributed by atoms with E-state index in [9.17, 15) is 14.8 Å². The highest BCUT2D eigenvalue weighted by Gasteiger charge is 2.15. The number of nitrogens with zero attached hydrogens (tertiary/aromatic N) is 1. The maximum Gasteiger partial charge on any atom is 0.335 e. The second-order valence-electron chi connectivity index (χ2n) is 3.83. The summed E-state index contributed by atoms with van der Waals surface area (Å²) in [4.78, 5) is 23.5. The summed E-state index contributed by atoms with van der Waals surface area (Å²) in [7, 11) is 0. The number of hydrogen-bond donors (Lipinski definition) is 2. The number of carbonyl (C=O) groups excluding carboxylic acids is 2. The standard InChI is InChI=1S/C13H10BrN3O3/c14-10-6-4-9(5-7-10)12(18)15-16-13(19)11-3-1-2-8-17(11)20/h1-8H,(H,15,18)(H,16,19). The van der Waals surface area contributed by atoms with Gasteiger partial charge in [-0.2, -0.15) is 4.73 Å². The van der Waals surface area contributed by atoms with Gasteiger partial charge in [-0.05, 0) is 30.3 Å². The molecule has 20 heavy (non-hydrogen) atoms. The van der Waals surface area contributed by atoms with Crippen LogP contribution in [0.4, 0.5) is 0 Å². The smallest absolute Gasteiger partial charge is 0.335 e. The van der Waals surface area contributed by atoms with Crippen molar-refractivity contribution >= 4 is 27.7 Å². The van der Waals surface area contributed by atoms with E-state index in [4.69, 9.17) is 0 Å². The lowest BCUT2D eigenvalue weighted by atomic mass is 10.2. The van der Waals surface area contributed by atoms with E-state index in [1.54, 1.807) is 30.3 Å². The molecule has 0 radical (unpaired) electrons. The highest BCUT2D eigenvalue weighted by atomic mass is 79.9. The first-order valence-corrected chi connectivity index (χ1v) is 6.41. The van der Waals surface area contributed by atoms with Gasteiger partial charge in [0.15, 0.2) is 6.20 Å². The van der Waals surface area contributed by atoms with Crippen LogP contribution in [-0.2, 0) is 0 Å². The van der Waals surface area contributed by atoms with Gasteiger partial charge in [-0.3, -0.25) is 20.4 Å². The third-order valence-corrected chi connectivity index (χ3v) is 2.98. The SMILES string of the molecule is O=C(NNC(=O)c1cccc[n+]1[O-])c1ccc(Br)cc1. The molecule has 2 rings (SSSR count). The number of hydrazine groups is 1. The minimum atomic E-state index is -0.689. The van der Waals surface area contributed by atoms with Crippen LogP contribution >= 0.6 is 15.9 Å². The average Bonchev–Trinajstić information content (AvgIpc) is 2.45. The zero-order chi connectivity index (χ0) is 14.5. The number of carbonyl (C=O) groups is 2. The molecule has 0 saturated heterocycles. The van der Waals surface area contributed by atoms with Crippen LogP contribution in [0.25, 0.3) is 0 Å². The maximum atomic E-state index is 11.8. The molecular weight excluding hydrogens is 326 g/mol. The molecule has 1 aromatic carbocycles. The Morgan fingerprint density at radius 3 is 2.30 bits per heavy atom. The molecule has 2 aromatic rings. The summed E-state index contributed by atoms with van der Waals surface area (Å²) in [5.41, 5.74) is 4.70. The third-order valence-electron chi connectivity index (χ3n) is 2.45. The van der Waals surface area contributed by atoms with Gasteiger partial charge in [0.05, 0.1) is 0 Å². The fourth-order valence-electron chi connectivity index (χ4n) is 1.46. The van der Waals surface area contributed by atoms with Gasteiger partial charge in [-0.25, -0.2) is 0 Å². The summed E-state index contributed by atoms with van der Waals surface area (Å²) in [6, 6.07) is 11.0. The van der Waals surface area contributed by atoms with E-state index in [0.717, 1.165) is 4.47 Å². The van der Waals surface area contributed by atoms with E-state index in [-0.39, 0.29) is 5.69 Å². The van der Waals surface area contributed by atoms with Crippen LogP contribution in [-0.4, -0.2) is 11.8 Å². The maximum absolute atomic E-state index is 11.8. The van der Waals surface area contributed by atoms with Gasteiger partial charge in [0.1, 0.15) is 0 Å². The number of nitrogens with one attached hydrogen (secondary N) is 2. The number of amides is 2. The molecular formula is C13H10BrN3O3. The zero-order valence-electron chi connectivity index (χ0n) is 10.2. The minimum Gasteiger partial charge on any atom is -0.618 e. The molecule has 0 bridgehead atoms. The van der Waals surface area contributed by atoms with E-state index >= 15 is 0 Å². The highest BCUT2D eigenvalue weighted by Crippen LogP contribution is 2.10. The monoisotopic (exact) mass is 335 g/mol. The van der Waals surface area contributed by atoms with Crippen molar-refractivity contribution in [3.05, 3.63) is 69.6 Å². The number of benzene rings is 1. The number of pyridine rings is 1. The molecule has 0 unspecified atom stereocenters. The van der Waals surface area contributed by atoms with Crippen molar-refractivity contribution in [2.24, 2.45) is 0 Å². The summed E-state index contributed by atoms with van der Waals surface area (Å²) in [6.07, 6.45) is 1.20. The van der Waals surface area contributed by atoms with E-state index in [2.05, 4.69) is 26.8 Å². The molecule has 0 fully saturated rings. The molecule has 0 aliphatic heterocycles. The molecule has 0 aliphatic carbocycles. The predicted octanol–water partition coefficient (Wildman–Crippen LogP) is 1.16. The van der Waals surface area contributed by atoms with Gasteiger partial charge in [-0.15, -0.1) is 0 Å². The van der Waals surface area contributed by atoms with Crippen LogP contribution in [0.2, 0.25) is 0 Å². The summed E-state index contributed by atoms with van der Waals surface area (Å²) < 4.78 is 1.26. The molecule has 0 spiro atoms. The lowest BCUT2D eigenvalue weighted by Gasteiger charge is -2.07. The molecule has 1 aromatic heterocycles. The number of halogens is 1. The van der Waals surface area contributed by atoms with Gasteiger partial charge >= 0.3 is 5.91 Å². The quantitative estimate of drug-likeness (QED) is 0.490. The van der Waals surface area contributed by atoms with Crippen molar-refractivity contribution in [3.8, 4) is 0 Å². The first-order chi connectivity index (χ1) is 9.58. The zero-order valence-corrected chi connectivity index (χ0v) is 11.8. The molecule has 0 atom stereocenters. The Balaban J connectivity index is 1.99. The van der Waals surface area contributed by atoms with E-state index in [1.807, 2.05) is 0 Å². The van der Waals surface area contributed by atoms with Crippen LogP contribution < -0.4 is 15.6 Å². The average molecular weight is 336 g/mol. The number of aromatic nitrogens is 1. The molecule has 0 saturated carbocycles. The topological polar surface area (TPSA) is 85.1 Å². The Morgan fingerprint density at radius 2 is 1.65 bits per heavy atom. The van der Waals surface area contributed by atoms with Crippen LogP contribution in [0.3, 0.4) is 0 Å². The second kappa shape index (κ2) is 6.16. The third kappa shape index (κ3) is 3.33. The molecule has 102 valence electrons. The number of hydrogen-bond acceptors (Lipinski definition) is 3. The summed E-state index contributed by atoms with van der Waals surface area (Å²) >= 11 is 3.26. The van der Waals surface area contributed by atoms with Crippen LogP contribution in [0.5, 0.6) is 0 Å². The van der Waals surface area contributed by atoms with Gasteiger partial charge in [0, 0.05) is 22.2 Å². The van der Waals surface area contributed by atoms with Crippen molar-refractivity contribution in [2.45, 2.75) is 0 Å². The fourth-order valence-corrected chi connectivity index (χ4v) is 1.72. The van der Waals surface area contributed by atoms with Gasteiger partial charge < -0.3 is 5.21 Å². The van der Waals surface area contributed by atoms with Crippen molar-refractivity contribution in [1.82, 2.24) is 10.9 Å². The Morgan fingerprint density at radius 1 is 1.00 bits per heavy atom. The number of rotatable bonds is 2. The largest absolute Gasteiger partial charge is 0.618 e. The van der Waals surface area contributed by atoms with Gasteiger partial charge in [0.2, 0.25) is 0 Å². The normalized spacial score (nSPS) is 9.85. The lowest BCUT2D eigenvalue weighted by Crippen LogP contribution is -2.46. The summed E-state index contributed by atoms with van der Waals surface area (Å²) in [6.45, 7) is 0. The molecule has 2 N–H and O–H groups in total. The van der Waals surface area contributed by atoms with Crippen LogP contribution in [0.15, 0.2) is 53.1 Å². The van der Waals surface area contributed by atoms with Crippen LogP contribution in [0, 0.1) is 5.21 Å². The van der Waals surface area contributed by atoms with Crippen LogP contribution in [0.1, 0.15) is 20.8 Å². The first kappa shape index (κ1) is 14.0. The Kier molecular flexibility index (Phi) is 4.31. The molecule has 2 amide bonds. The summed E-state index contributed by atoms with van der Waals surface area (Å²) in [5, 5.41) is 11.4. The van der Waals surface area contributed by atoms with Gasteiger partial charge in [0.25, 0.3) is 11.6 Å². The highest BCUT2D eigenvalue weighted by molar-refractivity contribution is 9.10. The van der Waals surface area contributed by atoms with Crippen molar-refractivity contribution in [2.75, 3.05) is 0 Å². The van der Waals surface area contributed by atoms with E-state index < -0.39 is 11.8 Å². The predicted molar refractivity (Wildman–Crippen MR) is 74.5 cm³/mol. The van der Waals surface area contributed by atoms with Crippen molar-refractivity contribution < 1.29 is 14.3 Å².